The molecule has 0 aliphatic carbocycles. The number of hydrogen-bond donors (Lipinski definition) is 0. The zero-order valence-electron chi connectivity index (χ0n) is 12.9. The monoisotopic (exact) mass is 323 g/mol. The molecule has 0 saturated carbocycles. The third-order valence-electron chi connectivity index (χ3n) is 3.63. The Hall–Kier alpha value is -2.46. The van der Waals surface area contributed by atoms with Gasteiger partial charge in [-0.05, 0) is 30.2 Å². The number of aryl methyl sites for hydroxylation is 1. The zero-order chi connectivity index (χ0) is 16.1. The Balaban J connectivity index is 1.58. The van der Waals surface area contributed by atoms with Crippen LogP contribution in [-0.4, -0.2) is 17.6 Å². The Bertz CT molecular complexity index is 779. The van der Waals surface area contributed by atoms with Crippen molar-refractivity contribution in [1.29, 1.82) is 0 Å². The first-order valence-electron chi connectivity index (χ1n) is 7.45. The van der Waals surface area contributed by atoms with Crippen LogP contribution in [0.5, 0.6) is 0 Å². The Morgan fingerprint density at radius 1 is 1.04 bits per heavy atom. The molecule has 3 nitrogen and oxygen atoms in total. The van der Waals surface area contributed by atoms with Gasteiger partial charge in [-0.25, -0.2) is 9.78 Å². The number of benzene rings is 2. The Morgan fingerprint density at radius 3 is 2.39 bits per heavy atom. The molecule has 116 valence electrons. The molecule has 0 radical (unpaired) electrons. The molecule has 1 aromatic heterocycles. The maximum absolute atomic E-state index is 12.1. The van der Waals surface area contributed by atoms with Gasteiger partial charge in [-0.1, -0.05) is 42.5 Å². The summed E-state index contributed by atoms with van der Waals surface area (Å²) in [6.07, 6.45) is 0.713. The fraction of sp³-hybridized carbons (Fsp3) is 0.158. The SMILES string of the molecule is Cc1ncsc1CCOC(=O)c1ccc(-c2ccccc2)cc1. The van der Waals surface area contributed by atoms with Crippen LogP contribution in [0.15, 0.2) is 60.1 Å². The van der Waals surface area contributed by atoms with E-state index < -0.39 is 0 Å². The molecule has 23 heavy (non-hydrogen) atoms. The molecule has 2 aromatic carbocycles. The molecule has 0 N–H and O–H groups in total. The number of thiazole rings is 1. The van der Waals surface area contributed by atoms with Crippen LogP contribution in [0.3, 0.4) is 0 Å². The first kappa shape index (κ1) is 15.4. The molecule has 0 atom stereocenters. The molecular weight excluding hydrogens is 306 g/mol. The molecule has 3 rings (SSSR count). The number of hydrogen-bond acceptors (Lipinski definition) is 4. The summed E-state index contributed by atoms with van der Waals surface area (Å²) in [6, 6.07) is 17.6. The lowest BCUT2D eigenvalue weighted by atomic mass is 10.0. The van der Waals surface area contributed by atoms with Gasteiger partial charge in [0.2, 0.25) is 0 Å². The van der Waals surface area contributed by atoms with Gasteiger partial charge in [-0.2, -0.15) is 0 Å². The van der Waals surface area contributed by atoms with E-state index in [1.807, 2.05) is 67.0 Å². The van der Waals surface area contributed by atoms with Gasteiger partial charge >= 0.3 is 5.97 Å². The average Bonchev–Trinajstić information content (AvgIpc) is 3.01. The van der Waals surface area contributed by atoms with E-state index in [2.05, 4.69) is 4.98 Å². The van der Waals surface area contributed by atoms with Crippen LogP contribution in [-0.2, 0) is 11.2 Å². The zero-order valence-corrected chi connectivity index (χ0v) is 13.7. The van der Waals surface area contributed by atoms with Crippen LogP contribution < -0.4 is 0 Å². The van der Waals surface area contributed by atoms with E-state index in [9.17, 15) is 4.79 Å². The maximum Gasteiger partial charge on any atom is 0.338 e. The van der Waals surface area contributed by atoms with E-state index in [4.69, 9.17) is 4.74 Å². The maximum atomic E-state index is 12.1. The van der Waals surface area contributed by atoms with Gasteiger partial charge in [-0.15, -0.1) is 11.3 Å². The first-order valence-corrected chi connectivity index (χ1v) is 8.33. The fourth-order valence-electron chi connectivity index (χ4n) is 2.32. The number of aromatic nitrogens is 1. The molecule has 0 spiro atoms. The van der Waals surface area contributed by atoms with E-state index in [0.29, 0.717) is 18.6 Å². The summed E-state index contributed by atoms with van der Waals surface area (Å²) in [4.78, 5) is 17.4. The minimum atomic E-state index is -0.285. The first-order chi connectivity index (χ1) is 11.2. The smallest absolute Gasteiger partial charge is 0.338 e. The molecule has 0 amide bonds. The lowest BCUT2D eigenvalue weighted by molar-refractivity contribution is 0.0510. The minimum absolute atomic E-state index is 0.285. The second kappa shape index (κ2) is 7.20. The van der Waals surface area contributed by atoms with Gasteiger partial charge in [0.05, 0.1) is 23.4 Å². The van der Waals surface area contributed by atoms with Crippen molar-refractivity contribution in [3.8, 4) is 11.1 Å². The van der Waals surface area contributed by atoms with Gasteiger partial charge in [0.15, 0.2) is 0 Å². The molecule has 4 heteroatoms. The fourth-order valence-corrected chi connectivity index (χ4v) is 3.08. The number of esters is 1. The molecule has 0 fully saturated rings. The van der Waals surface area contributed by atoms with E-state index in [0.717, 1.165) is 21.7 Å². The summed E-state index contributed by atoms with van der Waals surface area (Å²) in [5.74, 6) is -0.285. The van der Waals surface area contributed by atoms with Crippen molar-refractivity contribution >= 4 is 17.3 Å². The van der Waals surface area contributed by atoms with Crippen LogP contribution in [0, 0.1) is 6.92 Å². The van der Waals surface area contributed by atoms with Crippen LogP contribution in [0.25, 0.3) is 11.1 Å². The van der Waals surface area contributed by atoms with Crippen molar-refractivity contribution < 1.29 is 9.53 Å². The third-order valence-corrected chi connectivity index (χ3v) is 4.63. The Labute approximate surface area is 139 Å². The standard InChI is InChI=1S/C19H17NO2S/c1-14-18(23-13-20-14)11-12-22-19(21)17-9-7-16(8-10-17)15-5-3-2-4-6-15/h2-10,13H,11-12H2,1H3. The normalized spacial score (nSPS) is 10.5. The van der Waals surface area contributed by atoms with Crippen molar-refractivity contribution in [3.05, 3.63) is 76.2 Å². The average molecular weight is 323 g/mol. The predicted octanol–water partition coefficient (Wildman–Crippen LogP) is 4.52. The second-order valence-electron chi connectivity index (χ2n) is 5.19. The van der Waals surface area contributed by atoms with Crippen LogP contribution >= 0.6 is 11.3 Å². The van der Waals surface area contributed by atoms with E-state index in [1.165, 1.54) is 0 Å². The molecule has 1 heterocycles. The third kappa shape index (κ3) is 3.85. The van der Waals surface area contributed by atoms with Crippen molar-refractivity contribution in [2.45, 2.75) is 13.3 Å². The molecule has 0 unspecified atom stereocenters. The largest absolute Gasteiger partial charge is 0.462 e. The number of carbonyl (C=O) groups excluding carboxylic acids is 1. The highest BCUT2D eigenvalue weighted by molar-refractivity contribution is 7.09. The van der Waals surface area contributed by atoms with Gasteiger partial charge in [-0.3, -0.25) is 0 Å². The van der Waals surface area contributed by atoms with E-state index in [1.54, 1.807) is 11.3 Å². The predicted molar refractivity (Wildman–Crippen MR) is 92.7 cm³/mol. The summed E-state index contributed by atoms with van der Waals surface area (Å²) < 4.78 is 5.34. The number of rotatable bonds is 5. The highest BCUT2D eigenvalue weighted by Crippen LogP contribution is 2.19. The molecule has 0 aliphatic rings. The number of ether oxygens (including phenoxy) is 1. The topological polar surface area (TPSA) is 39.2 Å². The number of nitrogens with zero attached hydrogens (tertiary/aromatic N) is 1. The summed E-state index contributed by atoms with van der Waals surface area (Å²) in [5, 5.41) is 0. The van der Waals surface area contributed by atoms with Crippen LogP contribution in [0.1, 0.15) is 20.9 Å². The molecule has 3 aromatic rings. The van der Waals surface area contributed by atoms with Crippen LogP contribution in [0.4, 0.5) is 0 Å². The Kier molecular flexibility index (Phi) is 4.83. The van der Waals surface area contributed by atoms with Crippen LogP contribution in [0.2, 0.25) is 0 Å². The summed E-state index contributed by atoms with van der Waals surface area (Å²) in [6.45, 7) is 2.35. The lowest BCUT2D eigenvalue weighted by Gasteiger charge is -2.06. The highest BCUT2D eigenvalue weighted by Gasteiger charge is 2.08. The number of carbonyl (C=O) groups is 1. The summed E-state index contributed by atoms with van der Waals surface area (Å²) in [7, 11) is 0. The van der Waals surface area contributed by atoms with Gasteiger partial charge in [0, 0.05) is 11.3 Å². The van der Waals surface area contributed by atoms with E-state index in [-0.39, 0.29) is 5.97 Å². The van der Waals surface area contributed by atoms with Gasteiger partial charge in [0.1, 0.15) is 0 Å². The highest BCUT2D eigenvalue weighted by atomic mass is 32.1. The van der Waals surface area contributed by atoms with Crippen molar-refractivity contribution in [2.75, 3.05) is 6.61 Å². The van der Waals surface area contributed by atoms with Crippen molar-refractivity contribution in [2.24, 2.45) is 0 Å². The Morgan fingerprint density at radius 2 is 1.74 bits per heavy atom. The van der Waals surface area contributed by atoms with Crippen molar-refractivity contribution in [3.63, 3.8) is 0 Å². The quantitative estimate of drug-likeness (QED) is 0.648. The molecule has 0 bridgehead atoms. The molecule has 0 aliphatic heterocycles. The minimum Gasteiger partial charge on any atom is -0.462 e. The second-order valence-corrected chi connectivity index (χ2v) is 6.13. The van der Waals surface area contributed by atoms with E-state index >= 15 is 0 Å². The molecule has 0 saturated heterocycles. The van der Waals surface area contributed by atoms with Gasteiger partial charge in [0.25, 0.3) is 0 Å². The lowest BCUT2D eigenvalue weighted by Crippen LogP contribution is -2.08. The summed E-state index contributed by atoms with van der Waals surface area (Å²) >= 11 is 1.59. The van der Waals surface area contributed by atoms with Gasteiger partial charge < -0.3 is 4.74 Å². The molecular formula is C19H17NO2S. The summed E-state index contributed by atoms with van der Waals surface area (Å²) in [5.41, 5.74) is 5.62. The van der Waals surface area contributed by atoms with Crippen molar-refractivity contribution in [1.82, 2.24) is 4.98 Å².